The van der Waals surface area contributed by atoms with Gasteiger partial charge in [-0.2, -0.15) is 0 Å². The second kappa shape index (κ2) is 14.8. The minimum atomic E-state index is -0.197. The Kier molecular flexibility index (Phi) is 11.5. The van der Waals surface area contributed by atoms with Crippen molar-refractivity contribution in [3.8, 4) is 0 Å². The number of hydrogen-bond donors (Lipinski definition) is 0. The van der Waals surface area contributed by atoms with Crippen molar-refractivity contribution in [1.29, 1.82) is 0 Å². The molecule has 0 spiro atoms. The number of esters is 1. The molecule has 0 aromatic rings. The Morgan fingerprint density at radius 1 is 0.889 bits per heavy atom. The van der Waals surface area contributed by atoms with Crippen molar-refractivity contribution in [3.63, 3.8) is 0 Å². The van der Waals surface area contributed by atoms with Crippen LogP contribution in [0, 0.1) is 46.3 Å². The van der Waals surface area contributed by atoms with Crippen molar-refractivity contribution in [2.75, 3.05) is 53.4 Å². The fourth-order valence-electron chi connectivity index (χ4n) is 10.9. The molecule has 6 heteroatoms. The maximum absolute atomic E-state index is 13.1. The van der Waals surface area contributed by atoms with Crippen LogP contribution in [-0.4, -0.2) is 86.0 Å². The van der Waals surface area contributed by atoms with Crippen LogP contribution in [0.25, 0.3) is 0 Å². The maximum Gasteiger partial charge on any atom is 0.306 e. The highest BCUT2D eigenvalue weighted by Crippen LogP contribution is 2.67. The summed E-state index contributed by atoms with van der Waals surface area (Å²) in [6, 6.07) is 0. The summed E-state index contributed by atoms with van der Waals surface area (Å²) >= 11 is 0. The summed E-state index contributed by atoms with van der Waals surface area (Å²) in [6.07, 6.45) is 17.0. The molecular weight excluding hydrogens is 558 g/mol. The number of allylic oxidation sites excluding steroid dienone is 1. The number of carbonyl (C=O) groups excluding carboxylic acids is 2. The number of rotatable bonds is 9. The highest BCUT2D eigenvalue weighted by molar-refractivity contribution is 5.81. The van der Waals surface area contributed by atoms with Crippen molar-refractivity contribution < 1.29 is 18.6 Å². The van der Waals surface area contributed by atoms with Crippen LogP contribution in [0.3, 0.4) is 0 Å². The highest BCUT2D eigenvalue weighted by Gasteiger charge is 2.59. The average molecular weight is 632 g/mol. The normalized spacial score (nSPS) is 37.0. The van der Waals surface area contributed by atoms with Crippen LogP contribution < -0.4 is 0 Å². The topological polar surface area (TPSA) is 53.1 Å². The van der Waals surface area contributed by atoms with Crippen molar-refractivity contribution in [2.24, 2.45) is 46.3 Å². The number of amides is 1. The molecule has 1 heterocycles. The summed E-state index contributed by atoms with van der Waals surface area (Å²) in [6.45, 7) is 17.8. The first-order chi connectivity index (χ1) is 21.4. The third-order valence-electron chi connectivity index (χ3n) is 13.8. The summed E-state index contributed by atoms with van der Waals surface area (Å²) < 4.78 is 6.06. The summed E-state index contributed by atoms with van der Waals surface area (Å²) in [5.41, 5.74) is 2.34. The molecule has 262 valence electrons. The fraction of sp³-hybridized carbons (Fsp3) is 0.897. The van der Waals surface area contributed by atoms with Crippen LogP contribution in [0.5, 0.6) is 0 Å². The van der Waals surface area contributed by atoms with E-state index in [-0.39, 0.29) is 40.5 Å². The molecule has 4 aliphatic carbocycles. The van der Waals surface area contributed by atoms with E-state index >= 15 is 0 Å². The van der Waals surface area contributed by atoms with E-state index in [9.17, 15) is 9.59 Å². The lowest BCUT2D eigenvalue weighted by atomic mass is 9.47. The van der Waals surface area contributed by atoms with E-state index in [1.54, 1.807) is 5.57 Å². The highest BCUT2D eigenvalue weighted by atomic mass is 16.5. The van der Waals surface area contributed by atoms with Crippen LogP contribution in [0.1, 0.15) is 122 Å². The minimum absolute atomic E-state index is 0. The fourth-order valence-corrected chi connectivity index (χ4v) is 10.9. The van der Waals surface area contributed by atoms with E-state index < -0.39 is 0 Å². The quantitative estimate of drug-likeness (QED) is 0.190. The average Bonchev–Trinajstić information content (AvgIpc) is 3.38. The SMILES string of the molecule is CC(C)CCC[C@@H](C)C1CCC2[C@@H]3CC=C4C[C@@H](OC(=O)CCC(=O)N5CCN(C)CCN(C)CC5)CC[C@]4(C)C3CCC21C.[HH].[HH].[HH]. The first kappa shape index (κ1) is 34.9. The Bertz CT molecular complexity index is 1060. The van der Waals surface area contributed by atoms with Gasteiger partial charge in [0.1, 0.15) is 6.10 Å². The zero-order chi connectivity index (χ0) is 32.4. The van der Waals surface area contributed by atoms with Crippen molar-refractivity contribution >= 4 is 11.9 Å². The predicted molar refractivity (Wildman–Crippen MR) is 190 cm³/mol. The molecule has 0 bridgehead atoms. The van der Waals surface area contributed by atoms with Gasteiger partial charge in [-0.05, 0) is 105 Å². The number of ether oxygens (including phenoxy) is 1. The van der Waals surface area contributed by atoms with Crippen molar-refractivity contribution in [1.82, 2.24) is 14.7 Å². The third kappa shape index (κ3) is 7.85. The first-order valence-electron chi connectivity index (χ1n) is 18.9. The zero-order valence-corrected chi connectivity index (χ0v) is 30.1. The largest absolute Gasteiger partial charge is 0.462 e. The molecule has 4 fully saturated rings. The third-order valence-corrected chi connectivity index (χ3v) is 13.8. The van der Waals surface area contributed by atoms with E-state index in [1.165, 1.54) is 51.4 Å². The number of fused-ring (bicyclic) bond motifs is 5. The molecule has 45 heavy (non-hydrogen) atoms. The van der Waals surface area contributed by atoms with E-state index in [0.717, 1.165) is 94.0 Å². The lowest BCUT2D eigenvalue weighted by molar-refractivity contribution is -0.153. The minimum Gasteiger partial charge on any atom is -0.462 e. The molecule has 0 N–H and O–H groups in total. The van der Waals surface area contributed by atoms with Gasteiger partial charge in [-0.15, -0.1) is 0 Å². The first-order valence-corrected chi connectivity index (χ1v) is 18.9. The Hall–Kier alpha value is -1.40. The lowest BCUT2D eigenvalue weighted by Crippen LogP contribution is -2.51. The van der Waals surface area contributed by atoms with Gasteiger partial charge in [0.25, 0.3) is 0 Å². The van der Waals surface area contributed by atoms with E-state index in [1.807, 2.05) is 4.90 Å². The van der Waals surface area contributed by atoms with Gasteiger partial charge in [0.15, 0.2) is 0 Å². The molecular formula is C39H73N3O3. The Morgan fingerprint density at radius 3 is 2.27 bits per heavy atom. The molecule has 5 rings (SSSR count). The molecule has 6 nitrogen and oxygen atoms in total. The van der Waals surface area contributed by atoms with Crippen LogP contribution in [-0.2, 0) is 14.3 Å². The van der Waals surface area contributed by atoms with Crippen molar-refractivity contribution in [2.45, 2.75) is 124 Å². The van der Waals surface area contributed by atoms with Gasteiger partial charge in [-0.3, -0.25) is 9.59 Å². The van der Waals surface area contributed by atoms with Gasteiger partial charge >= 0.3 is 5.97 Å². The summed E-state index contributed by atoms with van der Waals surface area (Å²) in [5, 5.41) is 0. The van der Waals surface area contributed by atoms with Gasteiger partial charge in [0.05, 0.1) is 6.42 Å². The van der Waals surface area contributed by atoms with Gasteiger partial charge in [0, 0.05) is 56.4 Å². The van der Waals surface area contributed by atoms with Gasteiger partial charge in [-0.25, -0.2) is 0 Å². The van der Waals surface area contributed by atoms with Gasteiger partial charge < -0.3 is 19.4 Å². The Balaban J connectivity index is 0.00000267. The molecule has 8 atom stereocenters. The lowest BCUT2D eigenvalue weighted by Gasteiger charge is -2.58. The molecule has 0 aromatic heterocycles. The number of carbonyl (C=O) groups is 2. The van der Waals surface area contributed by atoms with Crippen molar-refractivity contribution in [3.05, 3.63) is 11.6 Å². The number of hydrogen-bond acceptors (Lipinski definition) is 5. The van der Waals surface area contributed by atoms with Crippen LogP contribution in [0.4, 0.5) is 0 Å². The monoisotopic (exact) mass is 632 g/mol. The zero-order valence-electron chi connectivity index (χ0n) is 30.1. The smallest absolute Gasteiger partial charge is 0.306 e. The Labute approximate surface area is 280 Å². The van der Waals surface area contributed by atoms with Crippen LogP contribution in [0.2, 0.25) is 0 Å². The summed E-state index contributed by atoms with van der Waals surface area (Å²) in [5.74, 6) is 4.92. The predicted octanol–water partition coefficient (Wildman–Crippen LogP) is 8.16. The molecule has 1 aliphatic heterocycles. The molecule has 3 saturated carbocycles. The summed E-state index contributed by atoms with van der Waals surface area (Å²) in [4.78, 5) is 32.5. The van der Waals surface area contributed by atoms with E-state index in [4.69, 9.17) is 4.74 Å². The molecule has 1 saturated heterocycles. The number of nitrogens with zero attached hydrogens (tertiary/aromatic N) is 3. The number of likely N-dealkylation sites (N-methyl/N-ethyl adjacent to an activating group) is 2. The second-order valence-electron chi connectivity index (χ2n) is 17.1. The van der Waals surface area contributed by atoms with E-state index in [0.29, 0.717) is 5.41 Å². The maximum atomic E-state index is 13.1. The van der Waals surface area contributed by atoms with Gasteiger partial charge in [-0.1, -0.05) is 65.5 Å². The van der Waals surface area contributed by atoms with Crippen LogP contribution in [0.15, 0.2) is 11.6 Å². The molecule has 1 amide bonds. The van der Waals surface area contributed by atoms with E-state index in [2.05, 4.69) is 64.6 Å². The standard InChI is InChI=1S/C39H67N3O3.3H2/c1-28(2)9-8-10-29(3)33-13-14-34-32-12-11-30-27-31(17-19-38(30,4)35(32)18-20-39(33,34)5)45-37(44)16-15-36(43)42-25-23-40(6)21-22-41(7)24-26-42;;;/h11,28-29,31-35H,8-10,12-27H2,1-7H3;3*1H/t29-,31+,32+,33?,34?,35?,38+,39?;;;/m1.../s1. The van der Waals surface area contributed by atoms with Crippen LogP contribution >= 0.6 is 0 Å². The Morgan fingerprint density at radius 2 is 1.58 bits per heavy atom. The second-order valence-corrected chi connectivity index (χ2v) is 17.1. The molecule has 4 unspecified atom stereocenters. The van der Waals surface area contributed by atoms with Gasteiger partial charge in [0.2, 0.25) is 5.91 Å². The molecule has 5 aliphatic rings. The summed E-state index contributed by atoms with van der Waals surface area (Å²) in [7, 11) is 4.23. The molecule has 0 aromatic carbocycles. The molecule has 0 radical (unpaired) electrons.